The fraction of sp³-hybridized carbons (Fsp3) is 0.176. The molecule has 2 aromatic heterocycles. The second kappa shape index (κ2) is 6.15. The Morgan fingerprint density at radius 2 is 2.05 bits per heavy atom. The van der Waals surface area contributed by atoms with E-state index in [9.17, 15) is 4.79 Å². The van der Waals surface area contributed by atoms with Crippen molar-refractivity contribution >= 4 is 17.2 Å². The summed E-state index contributed by atoms with van der Waals surface area (Å²) in [5, 5.41) is 7.27. The topological polar surface area (TPSA) is 46.9 Å². The quantitative estimate of drug-likeness (QED) is 0.802. The van der Waals surface area contributed by atoms with Gasteiger partial charge in [0.05, 0.1) is 17.4 Å². The number of hydrogen-bond donors (Lipinski definition) is 1. The SMILES string of the molecule is Cc1cc(C(=O)NCc2cnn(-c3ccccc3)c2)c(C)s1. The Bertz CT molecular complexity index is 789. The highest BCUT2D eigenvalue weighted by molar-refractivity contribution is 7.12. The van der Waals surface area contributed by atoms with Gasteiger partial charge in [-0.25, -0.2) is 4.68 Å². The number of amides is 1. The van der Waals surface area contributed by atoms with Crippen LogP contribution < -0.4 is 5.32 Å². The molecule has 112 valence electrons. The standard InChI is InChI=1S/C17H17N3OS/c1-12-8-16(13(2)22-12)17(21)18-9-14-10-19-20(11-14)15-6-4-3-5-7-15/h3-8,10-11H,9H2,1-2H3,(H,18,21). The lowest BCUT2D eigenvalue weighted by molar-refractivity contribution is 0.0951. The first-order valence-electron chi connectivity index (χ1n) is 7.07. The Balaban J connectivity index is 1.66. The molecule has 3 rings (SSSR count). The number of hydrogen-bond acceptors (Lipinski definition) is 3. The molecule has 0 aliphatic carbocycles. The molecular formula is C17H17N3OS. The highest BCUT2D eigenvalue weighted by atomic mass is 32.1. The van der Waals surface area contributed by atoms with Crippen LogP contribution in [0.1, 0.15) is 25.7 Å². The number of carbonyl (C=O) groups is 1. The van der Waals surface area contributed by atoms with Crippen LogP contribution in [0.5, 0.6) is 0 Å². The molecule has 22 heavy (non-hydrogen) atoms. The smallest absolute Gasteiger partial charge is 0.252 e. The molecule has 0 bridgehead atoms. The highest BCUT2D eigenvalue weighted by Gasteiger charge is 2.11. The van der Waals surface area contributed by atoms with Gasteiger partial charge in [-0.1, -0.05) is 18.2 Å². The Kier molecular flexibility index (Phi) is 4.06. The molecule has 5 heteroatoms. The normalized spacial score (nSPS) is 10.6. The Labute approximate surface area is 133 Å². The summed E-state index contributed by atoms with van der Waals surface area (Å²) < 4.78 is 1.81. The van der Waals surface area contributed by atoms with Crippen LogP contribution in [0.2, 0.25) is 0 Å². The predicted octanol–water partition coefficient (Wildman–Crippen LogP) is 3.48. The number of nitrogens with one attached hydrogen (secondary N) is 1. The summed E-state index contributed by atoms with van der Waals surface area (Å²) in [6.45, 7) is 4.46. The molecule has 0 spiro atoms. The minimum atomic E-state index is -0.0330. The lowest BCUT2D eigenvalue weighted by Crippen LogP contribution is -2.22. The fourth-order valence-corrected chi connectivity index (χ4v) is 3.23. The van der Waals surface area contributed by atoms with Gasteiger partial charge in [-0.15, -0.1) is 11.3 Å². The number of nitrogens with zero attached hydrogens (tertiary/aromatic N) is 2. The Morgan fingerprint density at radius 1 is 1.27 bits per heavy atom. The molecule has 0 radical (unpaired) electrons. The maximum Gasteiger partial charge on any atom is 0.252 e. The molecular weight excluding hydrogens is 294 g/mol. The molecule has 0 atom stereocenters. The van der Waals surface area contributed by atoms with Crippen LogP contribution in [0.3, 0.4) is 0 Å². The molecule has 1 aromatic carbocycles. The maximum absolute atomic E-state index is 12.2. The van der Waals surface area contributed by atoms with Gasteiger partial charge in [0.1, 0.15) is 0 Å². The number of thiophene rings is 1. The van der Waals surface area contributed by atoms with Crippen LogP contribution in [0.25, 0.3) is 5.69 Å². The van der Waals surface area contributed by atoms with Crippen LogP contribution in [-0.2, 0) is 6.54 Å². The van der Waals surface area contributed by atoms with Crippen molar-refractivity contribution in [1.82, 2.24) is 15.1 Å². The molecule has 0 fully saturated rings. The molecule has 0 unspecified atom stereocenters. The van der Waals surface area contributed by atoms with E-state index in [1.54, 1.807) is 17.5 Å². The number of rotatable bonds is 4. The third-order valence-electron chi connectivity index (χ3n) is 3.40. The number of para-hydroxylation sites is 1. The summed E-state index contributed by atoms with van der Waals surface area (Å²) in [5.74, 6) is -0.0330. The summed E-state index contributed by atoms with van der Waals surface area (Å²) in [7, 11) is 0. The van der Waals surface area contributed by atoms with Gasteiger partial charge < -0.3 is 5.32 Å². The van der Waals surface area contributed by atoms with Crippen molar-refractivity contribution < 1.29 is 4.79 Å². The Hall–Kier alpha value is -2.40. The lowest BCUT2D eigenvalue weighted by atomic mass is 10.2. The summed E-state index contributed by atoms with van der Waals surface area (Å²) in [5.41, 5.74) is 2.74. The first kappa shape index (κ1) is 14.5. The summed E-state index contributed by atoms with van der Waals surface area (Å²) in [4.78, 5) is 14.4. The first-order valence-corrected chi connectivity index (χ1v) is 7.89. The average Bonchev–Trinajstić information content (AvgIpc) is 3.12. The van der Waals surface area contributed by atoms with Crippen molar-refractivity contribution in [3.8, 4) is 5.69 Å². The van der Waals surface area contributed by atoms with Gasteiger partial charge in [0.15, 0.2) is 0 Å². The van der Waals surface area contributed by atoms with Gasteiger partial charge in [0.25, 0.3) is 5.91 Å². The first-order chi connectivity index (χ1) is 10.6. The highest BCUT2D eigenvalue weighted by Crippen LogP contribution is 2.20. The van der Waals surface area contributed by atoms with Crippen LogP contribution >= 0.6 is 11.3 Å². The fourth-order valence-electron chi connectivity index (χ4n) is 2.31. The minimum absolute atomic E-state index is 0.0330. The lowest BCUT2D eigenvalue weighted by Gasteiger charge is -2.03. The molecule has 3 aromatic rings. The average molecular weight is 311 g/mol. The minimum Gasteiger partial charge on any atom is -0.348 e. The number of benzene rings is 1. The molecule has 1 N–H and O–H groups in total. The second-order valence-corrected chi connectivity index (χ2v) is 6.60. The number of aromatic nitrogens is 2. The van der Waals surface area contributed by atoms with Crippen LogP contribution in [0.4, 0.5) is 0 Å². The van der Waals surface area contributed by atoms with E-state index < -0.39 is 0 Å². The molecule has 4 nitrogen and oxygen atoms in total. The van der Waals surface area contributed by atoms with E-state index >= 15 is 0 Å². The van der Waals surface area contributed by atoms with Gasteiger partial charge in [-0.2, -0.15) is 5.10 Å². The largest absolute Gasteiger partial charge is 0.348 e. The van der Waals surface area contributed by atoms with Gasteiger partial charge in [-0.3, -0.25) is 4.79 Å². The molecule has 0 saturated heterocycles. The Morgan fingerprint density at radius 3 is 2.73 bits per heavy atom. The van der Waals surface area contributed by atoms with Gasteiger partial charge in [0, 0.05) is 28.1 Å². The summed E-state index contributed by atoms with van der Waals surface area (Å²) in [6.07, 6.45) is 3.71. The van der Waals surface area contributed by atoms with Gasteiger partial charge in [-0.05, 0) is 32.0 Å². The zero-order valence-corrected chi connectivity index (χ0v) is 13.4. The van der Waals surface area contributed by atoms with Crippen molar-refractivity contribution in [2.45, 2.75) is 20.4 Å². The third-order valence-corrected chi connectivity index (χ3v) is 4.36. The second-order valence-electron chi connectivity index (χ2n) is 5.14. The van der Waals surface area contributed by atoms with E-state index in [4.69, 9.17) is 0 Å². The van der Waals surface area contributed by atoms with E-state index in [-0.39, 0.29) is 5.91 Å². The van der Waals surface area contributed by atoms with Crippen LogP contribution in [-0.4, -0.2) is 15.7 Å². The number of aryl methyl sites for hydroxylation is 2. The molecule has 1 amide bonds. The summed E-state index contributed by atoms with van der Waals surface area (Å²) >= 11 is 1.64. The van der Waals surface area contributed by atoms with E-state index in [1.807, 2.05) is 61.1 Å². The van der Waals surface area contributed by atoms with Crippen LogP contribution in [0.15, 0.2) is 48.8 Å². The van der Waals surface area contributed by atoms with Crippen molar-refractivity contribution in [1.29, 1.82) is 0 Å². The van der Waals surface area contributed by atoms with E-state index in [0.29, 0.717) is 6.54 Å². The molecule has 2 heterocycles. The van der Waals surface area contributed by atoms with Crippen molar-refractivity contribution in [3.05, 3.63) is 69.7 Å². The third kappa shape index (κ3) is 3.09. The van der Waals surface area contributed by atoms with Crippen molar-refractivity contribution in [2.24, 2.45) is 0 Å². The molecule has 0 aliphatic rings. The monoisotopic (exact) mass is 311 g/mol. The molecule has 0 aliphatic heterocycles. The van der Waals surface area contributed by atoms with E-state index in [2.05, 4.69) is 10.4 Å². The number of carbonyl (C=O) groups excluding carboxylic acids is 1. The zero-order valence-electron chi connectivity index (χ0n) is 12.5. The predicted molar refractivity (Wildman–Crippen MR) is 88.5 cm³/mol. The van der Waals surface area contributed by atoms with E-state index in [0.717, 1.165) is 26.6 Å². The molecule has 0 saturated carbocycles. The summed E-state index contributed by atoms with van der Waals surface area (Å²) in [6, 6.07) is 11.8. The zero-order chi connectivity index (χ0) is 15.5. The van der Waals surface area contributed by atoms with Gasteiger partial charge in [0.2, 0.25) is 0 Å². The van der Waals surface area contributed by atoms with E-state index in [1.165, 1.54) is 0 Å². The van der Waals surface area contributed by atoms with Crippen LogP contribution in [0, 0.1) is 13.8 Å². The maximum atomic E-state index is 12.2. The van der Waals surface area contributed by atoms with Gasteiger partial charge >= 0.3 is 0 Å². The van der Waals surface area contributed by atoms with Crippen molar-refractivity contribution in [3.63, 3.8) is 0 Å². The van der Waals surface area contributed by atoms with Crippen molar-refractivity contribution in [2.75, 3.05) is 0 Å².